The summed E-state index contributed by atoms with van der Waals surface area (Å²) in [7, 11) is 0. The van der Waals surface area contributed by atoms with Gasteiger partial charge in [0, 0.05) is 18.7 Å². The lowest BCUT2D eigenvalue weighted by Crippen LogP contribution is -2.40. The summed E-state index contributed by atoms with van der Waals surface area (Å²) < 4.78 is 42.7. The first-order valence-electron chi connectivity index (χ1n) is 5.53. The normalized spacial score (nSPS) is 16.7. The van der Waals surface area contributed by atoms with Crippen LogP contribution >= 0.6 is 0 Å². The van der Waals surface area contributed by atoms with Gasteiger partial charge < -0.3 is 9.64 Å². The van der Waals surface area contributed by atoms with Crippen molar-refractivity contribution in [2.24, 2.45) is 0 Å². The van der Waals surface area contributed by atoms with Crippen molar-refractivity contribution in [1.29, 1.82) is 0 Å². The first-order chi connectivity index (χ1) is 8.48. The SMILES string of the molecule is O=C(c1cccc(C(F)(F)F)c1)N1CCOCC1. The van der Waals surface area contributed by atoms with E-state index in [1.165, 1.54) is 17.0 Å². The summed E-state index contributed by atoms with van der Waals surface area (Å²) in [4.78, 5) is 13.5. The van der Waals surface area contributed by atoms with Crippen molar-refractivity contribution in [2.45, 2.75) is 6.18 Å². The Morgan fingerprint density at radius 1 is 1.22 bits per heavy atom. The van der Waals surface area contributed by atoms with Crippen molar-refractivity contribution in [3.8, 4) is 0 Å². The lowest BCUT2D eigenvalue weighted by Gasteiger charge is -2.27. The lowest BCUT2D eigenvalue weighted by molar-refractivity contribution is -0.137. The fourth-order valence-corrected chi connectivity index (χ4v) is 1.78. The maximum Gasteiger partial charge on any atom is 0.416 e. The van der Waals surface area contributed by atoms with Crippen LogP contribution in [0.25, 0.3) is 0 Å². The number of hydrogen-bond donors (Lipinski definition) is 0. The van der Waals surface area contributed by atoms with E-state index in [4.69, 9.17) is 4.74 Å². The number of amides is 1. The minimum absolute atomic E-state index is 0.0618. The molecular formula is C12H12F3NO2. The molecule has 0 atom stereocenters. The molecule has 0 aromatic heterocycles. The molecular weight excluding hydrogens is 247 g/mol. The van der Waals surface area contributed by atoms with Crippen LogP contribution in [0.4, 0.5) is 13.2 Å². The quantitative estimate of drug-likeness (QED) is 0.773. The molecule has 1 aromatic carbocycles. The second-order valence-corrected chi connectivity index (χ2v) is 3.98. The van der Waals surface area contributed by atoms with E-state index >= 15 is 0 Å². The standard InChI is InChI=1S/C12H12F3NO2/c13-12(14,15)10-3-1-2-9(8-10)11(17)16-4-6-18-7-5-16/h1-3,8H,4-7H2. The lowest BCUT2D eigenvalue weighted by atomic mass is 10.1. The molecule has 0 radical (unpaired) electrons. The van der Waals surface area contributed by atoms with Crippen LogP contribution in [0.2, 0.25) is 0 Å². The van der Waals surface area contributed by atoms with Gasteiger partial charge in [0.2, 0.25) is 0 Å². The highest BCUT2D eigenvalue weighted by Crippen LogP contribution is 2.29. The van der Waals surface area contributed by atoms with Gasteiger partial charge in [0.05, 0.1) is 18.8 Å². The molecule has 1 aromatic rings. The number of benzene rings is 1. The van der Waals surface area contributed by atoms with Gasteiger partial charge in [-0.3, -0.25) is 4.79 Å². The Bertz CT molecular complexity index is 439. The summed E-state index contributed by atoms with van der Waals surface area (Å²) in [6.07, 6.45) is -4.43. The number of alkyl halides is 3. The Labute approximate surface area is 102 Å². The molecule has 1 fully saturated rings. The second-order valence-electron chi connectivity index (χ2n) is 3.98. The predicted molar refractivity (Wildman–Crippen MR) is 58.2 cm³/mol. The molecule has 1 amide bonds. The Morgan fingerprint density at radius 2 is 1.89 bits per heavy atom. The van der Waals surface area contributed by atoms with Gasteiger partial charge in [0.1, 0.15) is 0 Å². The molecule has 1 aliphatic rings. The van der Waals surface area contributed by atoms with Gasteiger partial charge in [0.25, 0.3) is 5.91 Å². The molecule has 18 heavy (non-hydrogen) atoms. The van der Waals surface area contributed by atoms with E-state index in [1.807, 2.05) is 0 Å². The van der Waals surface area contributed by atoms with Gasteiger partial charge in [-0.1, -0.05) is 6.07 Å². The molecule has 0 spiro atoms. The molecule has 1 heterocycles. The number of rotatable bonds is 1. The maximum absolute atomic E-state index is 12.5. The summed E-state index contributed by atoms with van der Waals surface area (Å²) in [6, 6.07) is 4.48. The molecule has 0 N–H and O–H groups in total. The molecule has 2 rings (SSSR count). The number of morpholine rings is 1. The molecule has 0 saturated carbocycles. The highest BCUT2D eigenvalue weighted by molar-refractivity contribution is 5.94. The smallest absolute Gasteiger partial charge is 0.378 e. The van der Waals surface area contributed by atoms with Crippen molar-refractivity contribution in [3.05, 3.63) is 35.4 Å². The average Bonchev–Trinajstić information content (AvgIpc) is 2.38. The molecule has 6 heteroatoms. The van der Waals surface area contributed by atoms with Gasteiger partial charge in [-0.15, -0.1) is 0 Å². The third-order valence-corrected chi connectivity index (χ3v) is 2.74. The molecule has 1 saturated heterocycles. The fraction of sp³-hybridized carbons (Fsp3) is 0.417. The predicted octanol–water partition coefficient (Wildman–Crippen LogP) is 2.18. The first-order valence-corrected chi connectivity index (χ1v) is 5.53. The summed E-state index contributed by atoms with van der Waals surface area (Å²) in [5.41, 5.74) is -0.742. The Hall–Kier alpha value is -1.56. The number of carbonyl (C=O) groups excluding carboxylic acids is 1. The molecule has 98 valence electrons. The fourth-order valence-electron chi connectivity index (χ4n) is 1.78. The van der Waals surface area contributed by atoms with E-state index in [2.05, 4.69) is 0 Å². The largest absolute Gasteiger partial charge is 0.416 e. The van der Waals surface area contributed by atoms with E-state index < -0.39 is 11.7 Å². The number of nitrogens with zero attached hydrogens (tertiary/aromatic N) is 1. The van der Waals surface area contributed by atoms with E-state index in [0.717, 1.165) is 12.1 Å². The van der Waals surface area contributed by atoms with Crippen LogP contribution in [0, 0.1) is 0 Å². The molecule has 0 aliphatic carbocycles. The Kier molecular flexibility index (Phi) is 3.56. The van der Waals surface area contributed by atoms with E-state index in [9.17, 15) is 18.0 Å². The minimum Gasteiger partial charge on any atom is -0.378 e. The summed E-state index contributed by atoms with van der Waals surface area (Å²) in [5.74, 6) is -0.385. The molecule has 3 nitrogen and oxygen atoms in total. The van der Waals surface area contributed by atoms with Crippen LogP contribution in [-0.2, 0) is 10.9 Å². The van der Waals surface area contributed by atoms with Crippen LogP contribution in [0.1, 0.15) is 15.9 Å². The number of halogens is 3. The molecule has 0 unspecified atom stereocenters. The first kappa shape index (κ1) is 12.9. The third kappa shape index (κ3) is 2.81. The zero-order valence-electron chi connectivity index (χ0n) is 9.54. The zero-order chi connectivity index (χ0) is 13.2. The van der Waals surface area contributed by atoms with E-state index in [0.29, 0.717) is 26.3 Å². The van der Waals surface area contributed by atoms with Crippen molar-refractivity contribution < 1.29 is 22.7 Å². The monoisotopic (exact) mass is 259 g/mol. The highest BCUT2D eigenvalue weighted by atomic mass is 19.4. The zero-order valence-corrected chi connectivity index (χ0v) is 9.54. The average molecular weight is 259 g/mol. The number of ether oxygens (including phenoxy) is 1. The maximum atomic E-state index is 12.5. The van der Waals surface area contributed by atoms with Crippen LogP contribution in [0.3, 0.4) is 0 Å². The topological polar surface area (TPSA) is 29.5 Å². The van der Waals surface area contributed by atoms with Crippen LogP contribution in [0.5, 0.6) is 0 Å². The van der Waals surface area contributed by atoms with Gasteiger partial charge in [-0.25, -0.2) is 0 Å². The minimum atomic E-state index is -4.43. The van der Waals surface area contributed by atoms with Crippen molar-refractivity contribution in [3.63, 3.8) is 0 Å². The molecule has 1 aliphatic heterocycles. The van der Waals surface area contributed by atoms with Crippen LogP contribution in [0.15, 0.2) is 24.3 Å². The number of carbonyl (C=O) groups is 1. The number of hydrogen-bond acceptors (Lipinski definition) is 2. The van der Waals surface area contributed by atoms with Gasteiger partial charge in [0.15, 0.2) is 0 Å². The van der Waals surface area contributed by atoms with Crippen LogP contribution < -0.4 is 0 Å². The summed E-state index contributed by atoms with van der Waals surface area (Å²) in [6.45, 7) is 1.67. The second kappa shape index (κ2) is 4.97. The van der Waals surface area contributed by atoms with Crippen molar-refractivity contribution >= 4 is 5.91 Å². The summed E-state index contributed by atoms with van der Waals surface area (Å²) in [5, 5.41) is 0. The Morgan fingerprint density at radius 3 is 2.50 bits per heavy atom. The third-order valence-electron chi connectivity index (χ3n) is 2.74. The molecule has 0 bridgehead atoms. The van der Waals surface area contributed by atoms with Gasteiger partial charge in [-0.05, 0) is 18.2 Å². The highest BCUT2D eigenvalue weighted by Gasteiger charge is 2.31. The van der Waals surface area contributed by atoms with E-state index in [-0.39, 0.29) is 11.5 Å². The van der Waals surface area contributed by atoms with Crippen molar-refractivity contribution in [2.75, 3.05) is 26.3 Å². The van der Waals surface area contributed by atoms with Gasteiger partial charge in [-0.2, -0.15) is 13.2 Å². The summed E-state index contributed by atoms with van der Waals surface area (Å²) >= 11 is 0. The van der Waals surface area contributed by atoms with E-state index in [1.54, 1.807) is 0 Å². The van der Waals surface area contributed by atoms with Crippen molar-refractivity contribution in [1.82, 2.24) is 4.90 Å². The Balaban J connectivity index is 2.20. The van der Waals surface area contributed by atoms with Crippen LogP contribution in [-0.4, -0.2) is 37.1 Å². The van der Waals surface area contributed by atoms with Gasteiger partial charge >= 0.3 is 6.18 Å².